The summed E-state index contributed by atoms with van der Waals surface area (Å²) in [4.78, 5) is 13.3. The number of hydrogen-bond donors (Lipinski definition) is 1. The predicted octanol–water partition coefficient (Wildman–Crippen LogP) is 2.93. The molecule has 0 bridgehead atoms. The van der Waals surface area contributed by atoms with Gasteiger partial charge in [0.2, 0.25) is 5.95 Å². The van der Waals surface area contributed by atoms with Crippen LogP contribution in [0.2, 0.25) is 0 Å². The van der Waals surface area contributed by atoms with Crippen LogP contribution < -0.4 is 10.2 Å². The van der Waals surface area contributed by atoms with Crippen molar-refractivity contribution < 1.29 is 0 Å². The molecule has 1 unspecified atom stereocenters. The maximum Gasteiger partial charge on any atom is 0.226 e. The molecular formula is C19H27N5. The smallest absolute Gasteiger partial charge is 0.226 e. The van der Waals surface area contributed by atoms with Crippen molar-refractivity contribution in [1.82, 2.24) is 14.9 Å². The lowest BCUT2D eigenvalue weighted by Crippen LogP contribution is -2.41. The van der Waals surface area contributed by atoms with Crippen LogP contribution in [-0.4, -0.2) is 48.1 Å². The molecule has 1 aromatic carbocycles. The molecule has 2 heterocycles. The van der Waals surface area contributed by atoms with Gasteiger partial charge in [0.1, 0.15) is 5.82 Å². The van der Waals surface area contributed by atoms with E-state index in [2.05, 4.69) is 51.4 Å². The summed E-state index contributed by atoms with van der Waals surface area (Å²) in [5, 5.41) is 3.59. The van der Waals surface area contributed by atoms with Crippen LogP contribution in [0.15, 0.2) is 36.5 Å². The van der Waals surface area contributed by atoms with Crippen LogP contribution in [-0.2, 0) is 6.54 Å². The van der Waals surface area contributed by atoms with Crippen LogP contribution in [0, 0.1) is 6.92 Å². The van der Waals surface area contributed by atoms with Gasteiger partial charge in [0.05, 0.1) is 0 Å². The van der Waals surface area contributed by atoms with Gasteiger partial charge in [-0.1, -0.05) is 24.3 Å². The number of aryl methyl sites for hydroxylation is 1. The average Bonchev–Trinajstić information content (AvgIpc) is 2.57. The first kappa shape index (κ1) is 16.7. The zero-order chi connectivity index (χ0) is 16.9. The molecule has 0 spiro atoms. The molecule has 1 aliphatic heterocycles. The number of rotatable bonds is 5. The Hall–Kier alpha value is -2.14. The summed E-state index contributed by atoms with van der Waals surface area (Å²) in [6.07, 6.45) is 4.22. The molecule has 1 atom stereocenters. The molecule has 1 aromatic heterocycles. The molecule has 3 rings (SSSR count). The summed E-state index contributed by atoms with van der Waals surface area (Å²) in [6.45, 7) is 5.44. The van der Waals surface area contributed by atoms with Crippen LogP contribution in [0.1, 0.15) is 24.0 Å². The lowest BCUT2D eigenvalue weighted by molar-refractivity contribution is 0.208. The van der Waals surface area contributed by atoms with Crippen molar-refractivity contribution >= 4 is 11.8 Å². The fourth-order valence-electron chi connectivity index (χ4n) is 3.20. The summed E-state index contributed by atoms with van der Waals surface area (Å²) in [5.74, 6) is 1.66. The topological polar surface area (TPSA) is 44.3 Å². The highest BCUT2D eigenvalue weighted by atomic mass is 15.2. The van der Waals surface area contributed by atoms with Gasteiger partial charge in [0.25, 0.3) is 0 Å². The van der Waals surface area contributed by atoms with Gasteiger partial charge < -0.3 is 10.2 Å². The average molecular weight is 325 g/mol. The minimum Gasteiger partial charge on any atom is -0.366 e. The first-order valence-electron chi connectivity index (χ1n) is 8.65. The van der Waals surface area contributed by atoms with Crippen molar-refractivity contribution in [3.8, 4) is 0 Å². The fraction of sp³-hybridized carbons (Fsp3) is 0.474. The van der Waals surface area contributed by atoms with Crippen LogP contribution in [0.5, 0.6) is 0 Å². The second kappa shape index (κ2) is 7.62. The lowest BCUT2D eigenvalue weighted by atomic mass is 10.0. The Morgan fingerprint density at radius 1 is 1.25 bits per heavy atom. The molecule has 1 saturated heterocycles. The van der Waals surface area contributed by atoms with Crippen molar-refractivity contribution in [2.45, 2.75) is 32.4 Å². The zero-order valence-electron chi connectivity index (χ0n) is 14.9. The zero-order valence-corrected chi connectivity index (χ0v) is 14.9. The van der Waals surface area contributed by atoms with E-state index in [-0.39, 0.29) is 0 Å². The molecule has 0 saturated carbocycles. The summed E-state index contributed by atoms with van der Waals surface area (Å²) < 4.78 is 0. The van der Waals surface area contributed by atoms with E-state index in [1.165, 1.54) is 30.5 Å². The molecule has 0 aliphatic carbocycles. The predicted molar refractivity (Wildman–Crippen MR) is 99.5 cm³/mol. The third-order valence-corrected chi connectivity index (χ3v) is 4.56. The molecule has 1 N–H and O–H groups in total. The summed E-state index contributed by atoms with van der Waals surface area (Å²) in [6, 6.07) is 11.1. The highest BCUT2D eigenvalue weighted by Gasteiger charge is 2.20. The van der Waals surface area contributed by atoms with Crippen LogP contribution >= 0.6 is 0 Å². The molecule has 24 heavy (non-hydrogen) atoms. The number of hydrogen-bond acceptors (Lipinski definition) is 5. The first-order valence-corrected chi connectivity index (χ1v) is 8.65. The van der Waals surface area contributed by atoms with E-state index < -0.39 is 0 Å². The van der Waals surface area contributed by atoms with Gasteiger partial charge in [-0.05, 0) is 43.5 Å². The number of nitrogens with one attached hydrogen (secondary N) is 1. The summed E-state index contributed by atoms with van der Waals surface area (Å²) >= 11 is 0. The van der Waals surface area contributed by atoms with Gasteiger partial charge in [-0.15, -0.1) is 0 Å². The third-order valence-electron chi connectivity index (χ3n) is 4.56. The van der Waals surface area contributed by atoms with Crippen molar-refractivity contribution in [1.29, 1.82) is 0 Å². The second-order valence-corrected chi connectivity index (χ2v) is 6.78. The number of likely N-dealkylation sites (tertiary alicyclic amines) is 1. The van der Waals surface area contributed by atoms with Gasteiger partial charge in [0, 0.05) is 39.4 Å². The lowest BCUT2D eigenvalue weighted by Gasteiger charge is -2.33. The van der Waals surface area contributed by atoms with Crippen molar-refractivity contribution in [3.05, 3.63) is 47.7 Å². The van der Waals surface area contributed by atoms with E-state index in [1.54, 1.807) is 0 Å². The molecule has 5 nitrogen and oxygen atoms in total. The quantitative estimate of drug-likeness (QED) is 0.916. The van der Waals surface area contributed by atoms with E-state index in [0.717, 1.165) is 24.9 Å². The maximum absolute atomic E-state index is 4.57. The Kier molecular flexibility index (Phi) is 5.30. The van der Waals surface area contributed by atoms with E-state index in [1.807, 2.05) is 31.3 Å². The Balaban J connectivity index is 1.61. The van der Waals surface area contributed by atoms with E-state index in [0.29, 0.717) is 6.04 Å². The summed E-state index contributed by atoms with van der Waals surface area (Å²) in [7, 11) is 3.92. The highest BCUT2D eigenvalue weighted by Crippen LogP contribution is 2.19. The van der Waals surface area contributed by atoms with Crippen molar-refractivity contribution in [2.24, 2.45) is 0 Å². The Morgan fingerprint density at radius 3 is 2.88 bits per heavy atom. The molecule has 128 valence electrons. The minimum absolute atomic E-state index is 0.438. The van der Waals surface area contributed by atoms with Crippen LogP contribution in [0.3, 0.4) is 0 Å². The largest absolute Gasteiger partial charge is 0.366 e. The standard InChI is InChI=1S/C19H27N5/c1-15-7-4-5-8-16(15)13-24-12-6-9-17(14-24)21-18-10-11-20-19(22-18)23(2)3/h4-5,7-8,10-11,17H,6,9,12-14H2,1-3H3,(H,20,21,22). The van der Waals surface area contributed by atoms with Crippen LogP contribution in [0.4, 0.5) is 11.8 Å². The number of anilines is 2. The fourth-order valence-corrected chi connectivity index (χ4v) is 3.20. The number of benzene rings is 1. The van der Waals surface area contributed by atoms with Crippen molar-refractivity contribution in [2.75, 3.05) is 37.4 Å². The third kappa shape index (κ3) is 4.23. The van der Waals surface area contributed by atoms with Gasteiger partial charge in [-0.3, -0.25) is 4.90 Å². The van der Waals surface area contributed by atoms with E-state index >= 15 is 0 Å². The highest BCUT2D eigenvalue weighted by molar-refractivity contribution is 5.41. The molecule has 0 radical (unpaired) electrons. The van der Waals surface area contributed by atoms with Crippen LogP contribution in [0.25, 0.3) is 0 Å². The number of aromatic nitrogens is 2. The Morgan fingerprint density at radius 2 is 2.08 bits per heavy atom. The Bertz CT molecular complexity index is 670. The van der Waals surface area contributed by atoms with Gasteiger partial charge in [0.15, 0.2) is 0 Å². The van der Waals surface area contributed by atoms with Gasteiger partial charge in [-0.2, -0.15) is 4.98 Å². The molecule has 0 amide bonds. The SMILES string of the molecule is Cc1ccccc1CN1CCCC(Nc2ccnc(N(C)C)n2)C1. The van der Waals surface area contributed by atoms with Crippen molar-refractivity contribution in [3.63, 3.8) is 0 Å². The minimum atomic E-state index is 0.438. The molecule has 5 heteroatoms. The summed E-state index contributed by atoms with van der Waals surface area (Å²) in [5.41, 5.74) is 2.80. The molecule has 1 fully saturated rings. The monoisotopic (exact) mass is 325 g/mol. The molecule has 2 aromatic rings. The van der Waals surface area contributed by atoms with Gasteiger partial charge in [-0.25, -0.2) is 4.98 Å². The maximum atomic E-state index is 4.57. The number of piperidine rings is 1. The molecular weight excluding hydrogens is 298 g/mol. The first-order chi connectivity index (χ1) is 11.6. The normalized spacial score (nSPS) is 18.4. The van der Waals surface area contributed by atoms with E-state index in [4.69, 9.17) is 0 Å². The molecule has 1 aliphatic rings. The van der Waals surface area contributed by atoms with Gasteiger partial charge >= 0.3 is 0 Å². The Labute approximate surface area is 144 Å². The number of nitrogens with zero attached hydrogens (tertiary/aromatic N) is 4. The second-order valence-electron chi connectivity index (χ2n) is 6.78. The van der Waals surface area contributed by atoms with E-state index in [9.17, 15) is 0 Å².